The second-order valence-corrected chi connectivity index (χ2v) is 11.9. The SMILES string of the molecule is O=C(NCCN1CCN(C(=O)NC(C(=O)N[C@H]2Cc3ccc(F)c(C(=O)O)c3OB2O)c2cc(F)c(O)c(O)c2Cl)C(=O)C1=O)Nc1ccc(O)cc1. The van der Waals surface area contributed by atoms with Crippen LogP contribution in [0.4, 0.5) is 24.1 Å². The molecule has 0 aliphatic carbocycles. The van der Waals surface area contributed by atoms with E-state index in [4.69, 9.17) is 16.3 Å². The minimum atomic E-state index is -2.08. The Labute approximate surface area is 302 Å². The number of rotatable bonds is 9. The lowest BCUT2D eigenvalue weighted by Crippen LogP contribution is -2.60. The van der Waals surface area contributed by atoms with E-state index in [1.54, 1.807) is 0 Å². The molecule has 0 saturated carbocycles. The zero-order valence-electron chi connectivity index (χ0n) is 26.9. The number of nitrogens with one attached hydrogen (secondary N) is 4. The molecular weight excluding hydrogens is 733 g/mol. The number of phenolic OH excluding ortho intramolecular Hbond substituents is 3. The third-order valence-electron chi connectivity index (χ3n) is 8.13. The topological polar surface area (TPSA) is 267 Å². The van der Waals surface area contributed by atoms with Gasteiger partial charge in [0, 0.05) is 37.4 Å². The van der Waals surface area contributed by atoms with Crippen LogP contribution in [-0.2, 0) is 20.8 Å². The minimum absolute atomic E-state index is 0.0115. The largest absolute Gasteiger partial charge is 0.547 e. The molecule has 7 amide bonds. The van der Waals surface area contributed by atoms with Gasteiger partial charge in [0.1, 0.15) is 28.9 Å². The number of anilines is 1. The molecule has 0 aromatic heterocycles. The van der Waals surface area contributed by atoms with Crippen LogP contribution in [-0.4, -0.2) is 110 Å². The number of halogens is 3. The number of hydrogen-bond donors (Lipinski definition) is 9. The van der Waals surface area contributed by atoms with Crippen molar-refractivity contribution in [1.29, 1.82) is 0 Å². The predicted molar refractivity (Wildman–Crippen MR) is 177 cm³/mol. The monoisotopic (exact) mass is 760 g/mol. The van der Waals surface area contributed by atoms with Crippen LogP contribution in [0.5, 0.6) is 23.0 Å². The van der Waals surface area contributed by atoms with E-state index in [-0.39, 0.29) is 37.4 Å². The number of amides is 7. The summed E-state index contributed by atoms with van der Waals surface area (Å²) < 4.78 is 34.0. The summed E-state index contributed by atoms with van der Waals surface area (Å²) in [7, 11) is -1.98. The Hall–Kier alpha value is -6.35. The van der Waals surface area contributed by atoms with Crippen LogP contribution in [0.3, 0.4) is 0 Å². The Morgan fingerprint density at radius 3 is 2.36 bits per heavy atom. The van der Waals surface area contributed by atoms with E-state index in [0.717, 1.165) is 17.0 Å². The number of carboxylic acids is 1. The molecule has 3 aromatic carbocycles. The molecule has 278 valence electrons. The first kappa shape index (κ1) is 37.9. The normalized spacial score (nSPS) is 15.9. The summed E-state index contributed by atoms with van der Waals surface area (Å²) in [5, 5.41) is 58.0. The molecule has 1 fully saturated rings. The number of urea groups is 2. The van der Waals surface area contributed by atoms with Gasteiger partial charge in [-0.1, -0.05) is 17.7 Å². The van der Waals surface area contributed by atoms with Gasteiger partial charge in [0.25, 0.3) is 0 Å². The van der Waals surface area contributed by atoms with Crippen molar-refractivity contribution < 1.29 is 67.7 Å². The Kier molecular flexibility index (Phi) is 11.1. The van der Waals surface area contributed by atoms with Crippen molar-refractivity contribution in [2.45, 2.75) is 18.4 Å². The van der Waals surface area contributed by atoms with Crippen LogP contribution in [0, 0.1) is 11.6 Å². The number of aromatic carboxylic acids is 1. The second-order valence-electron chi connectivity index (χ2n) is 11.6. The fourth-order valence-corrected chi connectivity index (χ4v) is 5.70. The molecular formula is C31H28BClF2N6O12. The van der Waals surface area contributed by atoms with Crippen molar-refractivity contribution in [1.82, 2.24) is 25.8 Å². The summed E-state index contributed by atoms with van der Waals surface area (Å²) in [6.07, 6.45) is -0.339. The zero-order chi connectivity index (χ0) is 38.7. The average Bonchev–Trinajstić information content (AvgIpc) is 3.11. The first-order chi connectivity index (χ1) is 25.1. The van der Waals surface area contributed by atoms with Gasteiger partial charge in [-0.05, 0) is 48.4 Å². The van der Waals surface area contributed by atoms with Crippen molar-refractivity contribution in [3.8, 4) is 23.0 Å². The molecule has 18 nitrogen and oxygen atoms in total. The first-order valence-electron chi connectivity index (χ1n) is 15.4. The molecule has 2 aliphatic rings. The van der Waals surface area contributed by atoms with E-state index < -0.39 is 106 Å². The Bertz CT molecular complexity index is 2010. The number of aromatic hydroxyl groups is 3. The van der Waals surface area contributed by atoms with E-state index >= 15 is 0 Å². The van der Waals surface area contributed by atoms with Crippen LogP contribution in [0.1, 0.15) is 27.5 Å². The molecule has 0 radical (unpaired) electrons. The summed E-state index contributed by atoms with van der Waals surface area (Å²) in [5.41, 5.74) is -1.09. The fraction of sp³-hybridized carbons (Fsp3) is 0.226. The van der Waals surface area contributed by atoms with Gasteiger partial charge in [0.05, 0.1) is 11.0 Å². The average molecular weight is 761 g/mol. The van der Waals surface area contributed by atoms with Gasteiger partial charge in [-0.3, -0.25) is 19.3 Å². The fourth-order valence-electron chi connectivity index (χ4n) is 5.45. The highest BCUT2D eigenvalue weighted by Gasteiger charge is 2.42. The molecule has 5 rings (SSSR count). The van der Waals surface area contributed by atoms with Gasteiger partial charge in [-0.25, -0.2) is 23.2 Å². The van der Waals surface area contributed by atoms with Crippen LogP contribution >= 0.6 is 11.6 Å². The third kappa shape index (κ3) is 8.10. The second kappa shape index (κ2) is 15.5. The molecule has 2 heterocycles. The molecule has 9 N–H and O–H groups in total. The van der Waals surface area contributed by atoms with Crippen molar-refractivity contribution in [3.05, 3.63) is 75.8 Å². The molecule has 3 aromatic rings. The summed E-state index contributed by atoms with van der Waals surface area (Å²) in [6, 6.07) is 3.99. The number of phenols is 3. The van der Waals surface area contributed by atoms with Gasteiger partial charge in [0.2, 0.25) is 5.91 Å². The van der Waals surface area contributed by atoms with Crippen LogP contribution < -0.4 is 25.9 Å². The maximum atomic E-state index is 14.6. The minimum Gasteiger partial charge on any atom is -0.534 e. The van der Waals surface area contributed by atoms with Gasteiger partial charge < -0.3 is 56.3 Å². The number of piperazine rings is 1. The number of hydrogen-bond acceptors (Lipinski definition) is 11. The first-order valence-corrected chi connectivity index (χ1v) is 15.8. The number of fused-ring (bicyclic) bond motifs is 1. The van der Waals surface area contributed by atoms with Gasteiger partial charge >= 0.3 is 37.0 Å². The zero-order valence-corrected chi connectivity index (χ0v) is 27.7. The van der Waals surface area contributed by atoms with E-state index in [1.165, 1.54) is 24.3 Å². The number of benzene rings is 3. The van der Waals surface area contributed by atoms with E-state index in [1.807, 2.05) is 0 Å². The standard InChI is InChI=1S/C31H28BClF2N6O12/c33-21-16(12-18(35)23(43)24(21)44)22(26(45)38-19-11-13-1-6-17(34)20(29(48)49)25(13)53-32(19)52)39-31(51)41-10-9-40(27(46)28(41)47)8-7-36-30(50)37-14-2-4-15(42)5-3-14/h1-6,12,19,22,42-44,52H,7-11H2,(H,38,45)(H,39,51)(H,48,49)(H2,36,37,50)/t19-,22?/m0/s1. The highest BCUT2D eigenvalue weighted by Crippen LogP contribution is 2.40. The molecule has 0 spiro atoms. The summed E-state index contributed by atoms with van der Waals surface area (Å²) in [4.78, 5) is 78.2. The van der Waals surface area contributed by atoms with Crippen molar-refractivity contribution >= 4 is 60.2 Å². The van der Waals surface area contributed by atoms with Crippen LogP contribution in [0.15, 0.2) is 42.5 Å². The molecule has 2 aliphatic heterocycles. The van der Waals surface area contributed by atoms with Gasteiger partial charge in [0.15, 0.2) is 17.3 Å². The Balaban J connectivity index is 1.28. The maximum Gasteiger partial charge on any atom is 0.547 e. The van der Waals surface area contributed by atoms with Crippen LogP contribution in [0.25, 0.3) is 0 Å². The van der Waals surface area contributed by atoms with Gasteiger partial charge in [-0.15, -0.1) is 0 Å². The van der Waals surface area contributed by atoms with E-state index in [2.05, 4.69) is 21.3 Å². The lowest BCUT2D eigenvalue weighted by Gasteiger charge is -2.34. The smallest absolute Gasteiger partial charge is 0.534 e. The molecule has 53 heavy (non-hydrogen) atoms. The summed E-state index contributed by atoms with van der Waals surface area (Å²) in [6.45, 7) is -0.887. The van der Waals surface area contributed by atoms with Crippen molar-refractivity contribution in [3.63, 3.8) is 0 Å². The number of carboxylic acid groups (broad SMARTS) is 1. The Morgan fingerprint density at radius 2 is 1.68 bits per heavy atom. The number of carbonyl (C=O) groups is 6. The molecule has 1 saturated heterocycles. The number of nitrogens with zero attached hydrogens (tertiary/aromatic N) is 2. The molecule has 2 atom stereocenters. The maximum absolute atomic E-state index is 14.6. The predicted octanol–water partition coefficient (Wildman–Crippen LogP) is 0.816. The van der Waals surface area contributed by atoms with E-state index in [0.29, 0.717) is 16.7 Å². The molecule has 1 unspecified atom stereocenters. The van der Waals surface area contributed by atoms with E-state index in [9.17, 15) is 63.0 Å². The van der Waals surface area contributed by atoms with Crippen molar-refractivity contribution in [2.24, 2.45) is 0 Å². The van der Waals surface area contributed by atoms with Crippen molar-refractivity contribution in [2.75, 3.05) is 31.5 Å². The quantitative estimate of drug-likeness (QED) is 0.0635. The van der Waals surface area contributed by atoms with Gasteiger partial charge in [-0.2, -0.15) is 0 Å². The summed E-state index contributed by atoms with van der Waals surface area (Å²) >= 11 is 6.11. The highest BCUT2D eigenvalue weighted by molar-refractivity contribution is 6.47. The highest BCUT2D eigenvalue weighted by atomic mass is 35.5. The summed E-state index contributed by atoms with van der Waals surface area (Å²) in [5.74, 6) is -12.5. The lowest BCUT2D eigenvalue weighted by atomic mass is 9.72. The lowest BCUT2D eigenvalue weighted by molar-refractivity contribution is -0.153. The Morgan fingerprint density at radius 1 is 0.981 bits per heavy atom. The van der Waals surface area contributed by atoms with Crippen LogP contribution in [0.2, 0.25) is 5.02 Å². The number of imide groups is 1. The molecule has 22 heteroatoms. The molecule has 0 bridgehead atoms. The third-order valence-corrected chi connectivity index (χ3v) is 8.53. The number of carbonyl (C=O) groups excluding carboxylic acids is 5.